The highest BCUT2D eigenvalue weighted by atomic mass is 127. The van der Waals surface area contributed by atoms with Gasteiger partial charge in [-0.25, -0.2) is 0 Å². The zero-order valence-electron chi connectivity index (χ0n) is 11.8. The highest BCUT2D eigenvalue weighted by Crippen LogP contribution is 2.25. The van der Waals surface area contributed by atoms with E-state index in [1.807, 2.05) is 0 Å². The molecule has 3 aromatic carbocycles. The number of hydrogen-bond donors (Lipinski definition) is 0. The maximum atomic E-state index is 3.45. The first-order chi connectivity index (χ1) is 10.7. The van der Waals surface area contributed by atoms with Crippen LogP contribution < -0.4 is 0 Å². The standard InChI is InChI=1S/C20H14BrI/c21-17-12-9-15(10-13-17)5-1-2-6-16-11-14-20(22)19-8-4-3-7-18(16)19/h1-14H/b5-1+,6-2+. The first kappa shape index (κ1) is 15.5. The van der Waals surface area contributed by atoms with Gasteiger partial charge in [0.1, 0.15) is 0 Å². The molecular weight excluding hydrogens is 447 g/mol. The van der Waals surface area contributed by atoms with Crippen LogP contribution in [0.3, 0.4) is 0 Å². The van der Waals surface area contributed by atoms with Gasteiger partial charge in [-0.15, -0.1) is 0 Å². The van der Waals surface area contributed by atoms with Crippen molar-refractivity contribution < 1.29 is 0 Å². The molecule has 0 unspecified atom stereocenters. The van der Waals surface area contributed by atoms with Gasteiger partial charge in [0.25, 0.3) is 0 Å². The van der Waals surface area contributed by atoms with Gasteiger partial charge in [0, 0.05) is 8.04 Å². The summed E-state index contributed by atoms with van der Waals surface area (Å²) in [4.78, 5) is 0. The van der Waals surface area contributed by atoms with E-state index in [-0.39, 0.29) is 0 Å². The molecule has 0 aromatic heterocycles. The highest BCUT2D eigenvalue weighted by Gasteiger charge is 2.00. The van der Waals surface area contributed by atoms with Crippen LogP contribution in [0.25, 0.3) is 22.9 Å². The molecule has 3 aromatic rings. The van der Waals surface area contributed by atoms with Crippen LogP contribution >= 0.6 is 38.5 Å². The second-order valence-corrected chi connectivity index (χ2v) is 7.03. The normalized spacial score (nSPS) is 11.7. The van der Waals surface area contributed by atoms with Crippen molar-refractivity contribution in [3.8, 4) is 0 Å². The lowest BCUT2D eigenvalue weighted by Gasteiger charge is -2.04. The topological polar surface area (TPSA) is 0 Å². The molecule has 0 nitrogen and oxygen atoms in total. The van der Waals surface area contributed by atoms with Crippen molar-refractivity contribution >= 4 is 61.4 Å². The van der Waals surface area contributed by atoms with E-state index in [0.717, 1.165) is 4.47 Å². The maximum absolute atomic E-state index is 3.45. The number of allylic oxidation sites excluding steroid dienone is 2. The molecule has 108 valence electrons. The van der Waals surface area contributed by atoms with E-state index in [1.165, 1.54) is 25.5 Å². The first-order valence-electron chi connectivity index (χ1n) is 7.01. The minimum absolute atomic E-state index is 1.10. The quantitative estimate of drug-likeness (QED) is 0.293. The summed E-state index contributed by atoms with van der Waals surface area (Å²) in [6.07, 6.45) is 8.44. The first-order valence-corrected chi connectivity index (χ1v) is 8.89. The van der Waals surface area contributed by atoms with Crippen molar-refractivity contribution in [1.82, 2.24) is 0 Å². The van der Waals surface area contributed by atoms with Gasteiger partial charge in [-0.2, -0.15) is 0 Å². The molecule has 0 fully saturated rings. The molecule has 0 N–H and O–H groups in total. The Bertz CT molecular complexity index is 845. The molecule has 0 spiro atoms. The molecule has 0 aliphatic heterocycles. The van der Waals surface area contributed by atoms with Crippen molar-refractivity contribution in [1.29, 1.82) is 0 Å². The number of hydrogen-bond acceptors (Lipinski definition) is 0. The van der Waals surface area contributed by atoms with Crippen molar-refractivity contribution in [2.75, 3.05) is 0 Å². The average molecular weight is 461 g/mol. The fourth-order valence-corrected chi connectivity index (χ4v) is 3.25. The molecule has 0 amide bonds. The predicted molar refractivity (Wildman–Crippen MR) is 109 cm³/mol. The van der Waals surface area contributed by atoms with E-state index in [9.17, 15) is 0 Å². The number of fused-ring (bicyclic) bond motifs is 1. The van der Waals surface area contributed by atoms with Gasteiger partial charge in [-0.3, -0.25) is 0 Å². The SMILES string of the molecule is Brc1ccc(/C=C/C=C/c2ccc(I)c3ccccc23)cc1. The largest absolute Gasteiger partial charge is 0.0617 e. The van der Waals surface area contributed by atoms with Gasteiger partial charge >= 0.3 is 0 Å². The number of rotatable bonds is 3. The Hall–Kier alpha value is -1.39. The van der Waals surface area contributed by atoms with Crippen molar-refractivity contribution in [2.24, 2.45) is 0 Å². The molecule has 2 heteroatoms. The van der Waals surface area contributed by atoms with Gasteiger partial charge in [-0.1, -0.05) is 82.7 Å². The zero-order valence-corrected chi connectivity index (χ0v) is 15.6. The van der Waals surface area contributed by atoms with Crippen LogP contribution in [0.1, 0.15) is 11.1 Å². The average Bonchev–Trinajstić information content (AvgIpc) is 2.55. The van der Waals surface area contributed by atoms with Gasteiger partial charge in [0.05, 0.1) is 0 Å². The Morgan fingerprint density at radius 2 is 1.41 bits per heavy atom. The van der Waals surface area contributed by atoms with Crippen LogP contribution in [0.2, 0.25) is 0 Å². The smallest absolute Gasteiger partial charge is 0.0209 e. The number of halogens is 2. The molecule has 0 saturated carbocycles. The third-order valence-electron chi connectivity index (χ3n) is 3.45. The van der Waals surface area contributed by atoms with Crippen LogP contribution in [-0.4, -0.2) is 0 Å². The second-order valence-electron chi connectivity index (χ2n) is 4.95. The predicted octanol–water partition coefficient (Wildman–Crippen LogP) is 6.93. The fourth-order valence-electron chi connectivity index (χ4n) is 2.33. The molecule has 0 radical (unpaired) electrons. The minimum Gasteiger partial charge on any atom is -0.0617 e. The van der Waals surface area contributed by atoms with E-state index in [0.29, 0.717) is 0 Å². The van der Waals surface area contributed by atoms with E-state index in [2.05, 4.69) is 123 Å². The van der Waals surface area contributed by atoms with Crippen molar-refractivity contribution in [3.63, 3.8) is 0 Å². The van der Waals surface area contributed by atoms with E-state index >= 15 is 0 Å². The Morgan fingerprint density at radius 1 is 0.727 bits per heavy atom. The molecule has 0 atom stereocenters. The fraction of sp³-hybridized carbons (Fsp3) is 0. The highest BCUT2D eigenvalue weighted by molar-refractivity contribution is 14.1. The lowest BCUT2D eigenvalue weighted by Crippen LogP contribution is -1.81. The lowest BCUT2D eigenvalue weighted by molar-refractivity contribution is 1.61. The molecular formula is C20H14BrI. The van der Waals surface area contributed by atoms with E-state index < -0.39 is 0 Å². The summed E-state index contributed by atoms with van der Waals surface area (Å²) in [5, 5.41) is 2.60. The summed E-state index contributed by atoms with van der Waals surface area (Å²) < 4.78 is 2.39. The number of benzene rings is 3. The maximum Gasteiger partial charge on any atom is 0.0209 e. The van der Waals surface area contributed by atoms with Gasteiger partial charge in [-0.05, 0) is 62.7 Å². The van der Waals surface area contributed by atoms with Crippen LogP contribution in [-0.2, 0) is 0 Å². The van der Waals surface area contributed by atoms with Crippen LogP contribution in [0.4, 0.5) is 0 Å². The summed E-state index contributed by atoms with van der Waals surface area (Å²) in [5.41, 5.74) is 2.44. The third kappa shape index (κ3) is 3.68. The zero-order chi connectivity index (χ0) is 15.4. The monoisotopic (exact) mass is 460 g/mol. The minimum atomic E-state index is 1.10. The van der Waals surface area contributed by atoms with Crippen LogP contribution in [0.5, 0.6) is 0 Å². The molecule has 0 aliphatic rings. The van der Waals surface area contributed by atoms with Crippen molar-refractivity contribution in [2.45, 2.75) is 0 Å². The Kier molecular flexibility index (Phi) is 5.11. The third-order valence-corrected chi connectivity index (χ3v) is 4.92. The summed E-state index contributed by atoms with van der Waals surface area (Å²) in [6.45, 7) is 0. The molecule has 3 rings (SSSR count). The van der Waals surface area contributed by atoms with Crippen molar-refractivity contribution in [3.05, 3.63) is 92.0 Å². The molecule has 22 heavy (non-hydrogen) atoms. The molecule has 0 bridgehead atoms. The summed E-state index contributed by atoms with van der Waals surface area (Å²) >= 11 is 5.84. The molecule has 0 heterocycles. The van der Waals surface area contributed by atoms with Crippen LogP contribution in [0, 0.1) is 3.57 Å². The lowest BCUT2D eigenvalue weighted by atomic mass is 10.0. The summed E-state index contributed by atoms with van der Waals surface area (Å²) in [5.74, 6) is 0. The Balaban J connectivity index is 1.84. The summed E-state index contributed by atoms with van der Waals surface area (Å²) in [6, 6.07) is 21.2. The van der Waals surface area contributed by atoms with Gasteiger partial charge in [0.15, 0.2) is 0 Å². The van der Waals surface area contributed by atoms with E-state index in [4.69, 9.17) is 0 Å². The molecule has 0 aliphatic carbocycles. The second kappa shape index (κ2) is 7.25. The van der Waals surface area contributed by atoms with Crippen LogP contribution in [0.15, 0.2) is 77.3 Å². The Morgan fingerprint density at radius 3 is 2.18 bits per heavy atom. The Labute approximate surface area is 152 Å². The molecule has 0 saturated heterocycles. The van der Waals surface area contributed by atoms with E-state index in [1.54, 1.807) is 0 Å². The summed E-state index contributed by atoms with van der Waals surface area (Å²) in [7, 11) is 0. The van der Waals surface area contributed by atoms with Gasteiger partial charge < -0.3 is 0 Å². The van der Waals surface area contributed by atoms with Gasteiger partial charge in [0.2, 0.25) is 0 Å².